The van der Waals surface area contributed by atoms with Gasteiger partial charge in [-0.2, -0.15) is 13.2 Å². The number of nitrogens with one attached hydrogen (secondary N) is 1. The van der Waals surface area contributed by atoms with E-state index in [1.165, 1.54) is 6.07 Å². The van der Waals surface area contributed by atoms with Crippen molar-refractivity contribution in [3.05, 3.63) is 57.6 Å². The molecule has 23 heavy (non-hydrogen) atoms. The van der Waals surface area contributed by atoms with E-state index in [4.69, 9.17) is 9.47 Å². The van der Waals surface area contributed by atoms with E-state index in [9.17, 15) is 13.2 Å². The van der Waals surface area contributed by atoms with E-state index in [0.29, 0.717) is 30.2 Å². The normalized spacial score (nSPS) is 13.4. The van der Waals surface area contributed by atoms with Gasteiger partial charge in [-0.05, 0) is 45.3 Å². The highest BCUT2D eigenvalue weighted by atomic mass is 79.9. The molecule has 0 unspecified atom stereocenters. The molecule has 3 rings (SSSR count). The van der Waals surface area contributed by atoms with E-state index in [0.717, 1.165) is 22.2 Å². The first-order valence-electron chi connectivity index (χ1n) is 6.88. The number of ether oxygens (including phenoxy) is 2. The van der Waals surface area contributed by atoms with E-state index in [1.54, 1.807) is 6.07 Å². The van der Waals surface area contributed by atoms with Crippen LogP contribution in [0.2, 0.25) is 0 Å². The lowest BCUT2D eigenvalue weighted by atomic mass is 10.1. The van der Waals surface area contributed by atoms with Crippen molar-refractivity contribution in [3.63, 3.8) is 0 Å². The van der Waals surface area contributed by atoms with Crippen molar-refractivity contribution in [2.24, 2.45) is 0 Å². The summed E-state index contributed by atoms with van der Waals surface area (Å²) in [4.78, 5) is 0. The molecule has 122 valence electrons. The van der Waals surface area contributed by atoms with Gasteiger partial charge in [0.25, 0.3) is 0 Å². The Morgan fingerprint density at radius 3 is 2.61 bits per heavy atom. The van der Waals surface area contributed by atoms with Crippen LogP contribution in [0.1, 0.15) is 16.7 Å². The van der Waals surface area contributed by atoms with Gasteiger partial charge in [0.15, 0.2) is 11.5 Å². The number of fused-ring (bicyclic) bond motifs is 1. The Hall–Kier alpha value is -1.73. The van der Waals surface area contributed by atoms with Crippen LogP contribution in [0.3, 0.4) is 0 Å². The maximum atomic E-state index is 12.7. The number of halogens is 4. The van der Waals surface area contributed by atoms with Crippen LogP contribution in [0.5, 0.6) is 11.5 Å². The van der Waals surface area contributed by atoms with Gasteiger partial charge in [0, 0.05) is 13.1 Å². The highest BCUT2D eigenvalue weighted by molar-refractivity contribution is 9.10. The van der Waals surface area contributed by atoms with Gasteiger partial charge in [0.05, 0.1) is 10.0 Å². The first kappa shape index (κ1) is 16.1. The zero-order valence-electron chi connectivity index (χ0n) is 11.9. The summed E-state index contributed by atoms with van der Waals surface area (Å²) in [5.74, 6) is 1.34. The molecule has 0 saturated heterocycles. The largest absolute Gasteiger partial charge is 0.454 e. The first-order valence-corrected chi connectivity index (χ1v) is 7.67. The van der Waals surface area contributed by atoms with Crippen LogP contribution < -0.4 is 14.8 Å². The molecule has 2 aromatic carbocycles. The predicted octanol–water partition coefficient (Wildman–Crippen LogP) is 4.49. The number of hydrogen-bond acceptors (Lipinski definition) is 3. The fourth-order valence-electron chi connectivity index (χ4n) is 2.33. The second-order valence-corrected chi connectivity index (χ2v) is 5.97. The zero-order valence-corrected chi connectivity index (χ0v) is 13.5. The Bertz CT molecular complexity index is 719. The smallest absolute Gasteiger partial charge is 0.416 e. The molecule has 0 bridgehead atoms. The number of rotatable bonds is 4. The lowest BCUT2D eigenvalue weighted by Gasteiger charge is -2.10. The van der Waals surface area contributed by atoms with Crippen LogP contribution >= 0.6 is 15.9 Å². The van der Waals surface area contributed by atoms with Crippen LogP contribution in [0.25, 0.3) is 0 Å². The van der Waals surface area contributed by atoms with Gasteiger partial charge in [-0.25, -0.2) is 0 Å². The van der Waals surface area contributed by atoms with Crippen molar-refractivity contribution < 1.29 is 22.6 Å². The molecular weight excluding hydrogens is 375 g/mol. The van der Waals surface area contributed by atoms with E-state index in [2.05, 4.69) is 21.2 Å². The third kappa shape index (κ3) is 3.79. The molecule has 0 amide bonds. The summed E-state index contributed by atoms with van der Waals surface area (Å²) in [6.07, 6.45) is -4.32. The molecule has 1 N–H and O–H groups in total. The molecule has 0 aliphatic carbocycles. The second-order valence-electron chi connectivity index (χ2n) is 5.11. The van der Waals surface area contributed by atoms with Crippen LogP contribution in [0, 0.1) is 0 Å². The van der Waals surface area contributed by atoms with Crippen molar-refractivity contribution in [3.8, 4) is 11.5 Å². The molecular formula is C16H13BrF3NO2. The van der Waals surface area contributed by atoms with E-state index in [1.807, 2.05) is 12.1 Å². The zero-order chi connectivity index (χ0) is 16.4. The summed E-state index contributed by atoms with van der Waals surface area (Å²) in [6, 6.07) is 9.05. The molecule has 0 radical (unpaired) electrons. The second kappa shape index (κ2) is 6.41. The van der Waals surface area contributed by atoms with Crippen LogP contribution in [-0.4, -0.2) is 6.79 Å². The number of benzene rings is 2. The molecule has 0 atom stereocenters. The van der Waals surface area contributed by atoms with Crippen molar-refractivity contribution in [2.75, 3.05) is 6.79 Å². The highest BCUT2D eigenvalue weighted by Crippen LogP contribution is 2.40. The monoisotopic (exact) mass is 387 g/mol. The number of alkyl halides is 3. The highest BCUT2D eigenvalue weighted by Gasteiger charge is 2.30. The minimum Gasteiger partial charge on any atom is -0.454 e. The molecule has 0 fully saturated rings. The molecule has 2 aromatic rings. The fourth-order valence-corrected chi connectivity index (χ4v) is 2.94. The summed E-state index contributed by atoms with van der Waals surface area (Å²) in [7, 11) is 0. The van der Waals surface area contributed by atoms with Gasteiger partial charge in [-0.3, -0.25) is 0 Å². The quantitative estimate of drug-likeness (QED) is 0.838. The molecule has 0 saturated carbocycles. The Morgan fingerprint density at radius 2 is 1.83 bits per heavy atom. The average molecular weight is 388 g/mol. The number of hydrogen-bond donors (Lipinski definition) is 1. The molecule has 0 aromatic heterocycles. The summed E-state index contributed by atoms with van der Waals surface area (Å²) in [6.45, 7) is 1.04. The van der Waals surface area contributed by atoms with Gasteiger partial charge in [-0.15, -0.1) is 0 Å². The van der Waals surface area contributed by atoms with E-state index in [-0.39, 0.29) is 6.79 Å². The average Bonchev–Trinajstić information content (AvgIpc) is 2.96. The minimum atomic E-state index is -4.32. The van der Waals surface area contributed by atoms with E-state index >= 15 is 0 Å². The van der Waals surface area contributed by atoms with Gasteiger partial charge in [0.1, 0.15) is 0 Å². The Labute approximate surface area is 139 Å². The van der Waals surface area contributed by atoms with E-state index < -0.39 is 11.7 Å². The standard InChI is InChI=1S/C16H13BrF3NO2/c17-13-5-11(6-14-15(13)23-9-22-14)8-21-7-10-2-1-3-12(4-10)16(18,19)20/h1-6,21H,7-9H2. The van der Waals surface area contributed by atoms with Gasteiger partial charge in [-0.1, -0.05) is 18.2 Å². The van der Waals surface area contributed by atoms with Crippen molar-refractivity contribution >= 4 is 15.9 Å². The third-order valence-corrected chi connectivity index (χ3v) is 3.99. The lowest BCUT2D eigenvalue weighted by Crippen LogP contribution is -2.13. The van der Waals surface area contributed by atoms with Gasteiger partial charge >= 0.3 is 6.18 Å². The van der Waals surface area contributed by atoms with Crippen molar-refractivity contribution in [2.45, 2.75) is 19.3 Å². The summed E-state index contributed by atoms with van der Waals surface area (Å²) in [5.41, 5.74) is 0.898. The fraction of sp³-hybridized carbons (Fsp3) is 0.250. The maximum Gasteiger partial charge on any atom is 0.416 e. The van der Waals surface area contributed by atoms with Gasteiger partial charge < -0.3 is 14.8 Å². The molecule has 1 aliphatic rings. The topological polar surface area (TPSA) is 30.5 Å². The molecule has 1 heterocycles. The molecule has 7 heteroatoms. The lowest BCUT2D eigenvalue weighted by molar-refractivity contribution is -0.137. The molecule has 3 nitrogen and oxygen atoms in total. The van der Waals surface area contributed by atoms with Crippen molar-refractivity contribution in [1.29, 1.82) is 0 Å². The molecule has 0 spiro atoms. The SMILES string of the molecule is FC(F)(F)c1cccc(CNCc2cc(Br)c3c(c2)OCO3)c1. The van der Waals surface area contributed by atoms with Gasteiger partial charge in [0.2, 0.25) is 6.79 Å². The Balaban J connectivity index is 1.63. The predicted molar refractivity (Wildman–Crippen MR) is 82.3 cm³/mol. The minimum absolute atomic E-state index is 0.190. The van der Waals surface area contributed by atoms with Crippen LogP contribution in [0.15, 0.2) is 40.9 Å². The first-order chi connectivity index (χ1) is 10.9. The third-order valence-electron chi connectivity index (χ3n) is 3.40. The Morgan fingerprint density at radius 1 is 1.04 bits per heavy atom. The summed E-state index contributed by atoms with van der Waals surface area (Å²) >= 11 is 3.41. The maximum absolute atomic E-state index is 12.7. The van der Waals surface area contributed by atoms with Crippen LogP contribution in [-0.2, 0) is 19.3 Å². The Kier molecular flexibility index (Phi) is 4.50. The summed E-state index contributed by atoms with van der Waals surface area (Å²) < 4.78 is 49.5. The summed E-state index contributed by atoms with van der Waals surface area (Å²) in [5, 5.41) is 3.13. The van der Waals surface area contributed by atoms with Crippen molar-refractivity contribution in [1.82, 2.24) is 5.32 Å². The molecule has 1 aliphatic heterocycles. The van der Waals surface area contributed by atoms with Crippen LogP contribution in [0.4, 0.5) is 13.2 Å².